The molecule has 0 spiro atoms. The molecule has 3 N–H and O–H groups in total. The largest absolute Gasteiger partial charge is 0.384 e. The number of likely N-dealkylation sites (tertiary alicyclic amines) is 1. The Morgan fingerprint density at radius 3 is 2.61 bits per heavy atom. The van der Waals surface area contributed by atoms with Crippen molar-refractivity contribution >= 4 is 27.5 Å². The standard InChI is InChI=1S/C17H23FN4.C9H6FN/c18-14-2-3-15-16(4-7-20-17(15)10-14)21-11-13-5-9-22(12-13)8-1-6-19;10-8-4-3-7-2-1-5-11-9(7)6-8/h2-4,7,10,13H,1,5-6,8-9,11-12,19H2,(H,20,21);1-6H. The topological polar surface area (TPSA) is 67.1 Å². The molecule has 3 heterocycles. The quantitative estimate of drug-likeness (QED) is 0.441. The minimum atomic E-state index is -0.247. The smallest absolute Gasteiger partial charge is 0.125 e. The van der Waals surface area contributed by atoms with Gasteiger partial charge in [0.05, 0.1) is 11.0 Å². The molecule has 2 aromatic carbocycles. The lowest BCUT2D eigenvalue weighted by Crippen LogP contribution is -2.25. The fourth-order valence-corrected chi connectivity index (χ4v) is 4.17. The van der Waals surface area contributed by atoms with Crippen LogP contribution in [-0.4, -0.2) is 47.6 Å². The highest BCUT2D eigenvalue weighted by Crippen LogP contribution is 2.24. The third kappa shape index (κ3) is 6.21. The van der Waals surface area contributed by atoms with Gasteiger partial charge in [-0.05, 0) is 74.8 Å². The molecule has 7 heteroatoms. The van der Waals surface area contributed by atoms with Crippen molar-refractivity contribution in [3.63, 3.8) is 0 Å². The Labute approximate surface area is 192 Å². The fraction of sp³-hybridized carbons (Fsp3) is 0.308. The summed E-state index contributed by atoms with van der Waals surface area (Å²) in [5.74, 6) is 0.168. The number of rotatable bonds is 6. The van der Waals surface area contributed by atoms with Gasteiger partial charge in [0.25, 0.3) is 0 Å². The summed E-state index contributed by atoms with van der Waals surface area (Å²) in [4.78, 5) is 10.7. The minimum absolute atomic E-state index is 0.240. The third-order valence-electron chi connectivity index (χ3n) is 5.90. The fourth-order valence-electron chi connectivity index (χ4n) is 4.17. The highest BCUT2D eigenvalue weighted by Gasteiger charge is 2.21. The molecule has 5 rings (SSSR count). The first kappa shape index (κ1) is 23.0. The lowest BCUT2D eigenvalue weighted by molar-refractivity contribution is 0.324. The predicted octanol–water partition coefficient (Wildman–Crippen LogP) is 4.83. The van der Waals surface area contributed by atoms with Crippen LogP contribution in [0.1, 0.15) is 12.8 Å². The van der Waals surface area contributed by atoms with Crippen molar-refractivity contribution in [2.45, 2.75) is 12.8 Å². The Morgan fingerprint density at radius 1 is 0.970 bits per heavy atom. The Hall–Kier alpha value is -3.16. The maximum Gasteiger partial charge on any atom is 0.125 e. The van der Waals surface area contributed by atoms with Gasteiger partial charge >= 0.3 is 0 Å². The van der Waals surface area contributed by atoms with Crippen LogP contribution in [0.2, 0.25) is 0 Å². The summed E-state index contributed by atoms with van der Waals surface area (Å²) in [7, 11) is 0. The van der Waals surface area contributed by atoms with Gasteiger partial charge in [0, 0.05) is 54.1 Å². The van der Waals surface area contributed by atoms with E-state index in [1.54, 1.807) is 24.5 Å². The lowest BCUT2D eigenvalue weighted by atomic mass is 10.1. The maximum atomic E-state index is 13.3. The van der Waals surface area contributed by atoms with E-state index in [1.807, 2.05) is 18.2 Å². The van der Waals surface area contributed by atoms with Crippen molar-refractivity contribution < 1.29 is 8.78 Å². The predicted molar refractivity (Wildman–Crippen MR) is 130 cm³/mol. The molecule has 1 aliphatic rings. The second-order valence-corrected chi connectivity index (χ2v) is 8.34. The van der Waals surface area contributed by atoms with E-state index in [0.717, 1.165) is 55.6 Å². The van der Waals surface area contributed by atoms with E-state index in [4.69, 9.17) is 5.73 Å². The zero-order valence-electron chi connectivity index (χ0n) is 18.6. The van der Waals surface area contributed by atoms with E-state index in [0.29, 0.717) is 17.0 Å². The third-order valence-corrected chi connectivity index (χ3v) is 5.90. The van der Waals surface area contributed by atoms with Crippen LogP contribution < -0.4 is 11.1 Å². The SMILES string of the molecule is Fc1ccc2cccnc2c1.NCCCN1CCC(CNc2ccnc3cc(F)ccc23)C1. The summed E-state index contributed by atoms with van der Waals surface area (Å²) in [6, 6.07) is 15.0. The number of halogens is 2. The Morgan fingerprint density at radius 2 is 1.76 bits per heavy atom. The molecule has 33 heavy (non-hydrogen) atoms. The summed E-state index contributed by atoms with van der Waals surface area (Å²) in [6.07, 6.45) is 5.67. The van der Waals surface area contributed by atoms with Crippen LogP contribution in [0.25, 0.3) is 21.8 Å². The number of nitrogens with two attached hydrogens (primary N) is 1. The van der Waals surface area contributed by atoms with Crippen molar-refractivity contribution in [3.05, 3.63) is 78.6 Å². The van der Waals surface area contributed by atoms with Gasteiger partial charge in [-0.15, -0.1) is 0 Å². The molecule has 1 saturated heterocycles. The number of pyridine rings is 2. The molecular formula is C26H29F2N5. The van der Waals surface area contributed by atoms with E-state index in [2.05, 4.69) is 20.2 Å². The number of hydrogen-bond acceptors (Lipinski definition) is 5. The van der Waals surface area contributed by atoms with Gasteiger partial charge in [0.1, 0.15) is 11.6 Å². The first-order valence-electron chi connectivity index (χ1n) is 11.3. The van der Waals surface area contributed by atoms with Crippen LogP contribution in [0.3, 0.4) is 0 Å². The second kappa shape index (κ2) is 11.1. The number of fused-ring (bicyclic) bond motifs is 2. The van der Waals surface area contributed by atoms with E-state index in [9.17, 15) is 8.78 Å². The zero-order chi connectivity index (χ0) is 23.0. The highest BCUT2D eigenvalue weighted by atomic mass is 19.1. The van der Waals surface area contributed by atoms with Crippen molar-refractivity contribution in [2.75, 3.05) is 38.0 Å². The molecule has 172 valence electrons. The van der Waals surface area contributed by atoms with Crippen molar-refractivity contribution in [3.8, 4) is 0 Å². The normalized spacial score (nSPS) is 16.0. The summed E-state index contributed by atoms with van der Waals surface area (Å²) < 4.78 is 25.9. The van der Waals surface area contributed by atoms with E-state index >= 15 is 0 Å². The second-order valence-electron chi connectivity index (χ2n) is 8.34. The van der Waals surface area contributed by atoms with E-state index in [-0.39, 0.29) is 11.6 Å². The van der Waals surface area contributed by atoms with Crippen LogP contribution >= 0.6 is 0 Å². The van der Waals surface area contributed by atoms with Gasteiger partial charge in [-0.3, -0.25) is 9.97 Å². The Bertz CT molecular complexity index is 1200. The van der Waals surface area contributed by atoms with Crippen LogP contribution in [0.5, 0.6) is 0 Å². The van der Waals surface area contributed by atoms with Crippen LogP contribution in [-0.2, 0) is 0 Å². The molecule has 1 fully saturated rings. The molecule has 0 amide bonds. The van der Waals surface area contributed by atoms with Gasteiger partial charge in [-0.2, -0.15) is 0 Å². The van der Waals surface area contributed by atoms with E-state index in [1.165, 1.54) is 30.7 Å². The van der Waals surface area contributed by atoms with Gasteiger partial charge in [0.15, 0.2) is 0 Å². The van der Waals surface area contributed by atoms with Crippen LogP contribution in [0.4, 0.5) is 14.5 Å². The molecule has 1 atom stereocenters. The minimum Gasteiger partial charge on any atom is -0.384 e. The van der Waals surface area contributed by atoms with Crippen molar-refractivity contribution in [1.29, 1.82) is 0 Å². The average Bonchev–Trinajstić information content (AvgIpc) is 3.29. The number of nitrogens with zero attached hydrogens (tertiary/aromatic N) is 3. The lowest BCUT2D eigenvalue weighted by Gasteiger charge is -2.16. The number of aromatic nitrogens is 2. The summed E-state index contributed by atoms with van der Waals surface area (Å²) in [5, 5.41) is 5.45. The maximum absolute atomic E-state index is 13.3. The van der Waals surface area contributed by atoms with Crippen LogP contribution in [0, 0.1) is 17.6 Å². The monoisotopic (exact) mass is 449 g/mol. The van der Waals surface area contributed by atoms with Gasteiger partial charge in [-0.25, -0.2) is 8.78 Å². The molecule has 5 nitrogen and oxygen atoms in total. The first-order chi connectivity index (χ1) is 16.1. The summed E-state index contributed by atoms with van der Waals surface area (Å²) in [5.41, 5.74) is 8.00. The Balaban J connectivity index is 0.000000196. The highest BCUT2D eigenvalue weighted by molar-refractivity contribution is 5.90. The molecule has 2 aromatic heterocycles. The molecule has 1 unspecified atom stereocenters. The summed E-state index contributed by atoms with van der Waals surface area (Å²) in [6.45, 7) is 5.10. The van der Waals surface area contributed by atoms with Gasteiger partial charge in [-0.1, -0.05) is 6.07 Å². The number of hydrogen-bond donors (Lipinski definition) is 2. The first-order valence-corrected chi connectivity index (χ1v) is 11.3. The number of benzene rings is 2. The Kier molecular flexibility index (Phi) is 7.75. The van der Waals surface area contributed by atoms with Gasteiger partial charge in [0.2, 0.25) is 0 Å². The van der Waals surface area contributed by atoms with Crippen molar-refractivity contribution in [2.24, 2.45) is 11.7 Å². The van der Waals surface area contributed by atoms with E-state index < -0.39 is 0 Å². The molecule has 0 aliphatic carbocycles. The summed E-state index contributed by atoms with van der Waals surface area (Å²) >= 11 is 0. The number of nitrogens with one attached hydrogen (secondary N) is 1. The molecule has 4 aromatic rings. The molecule has 0 saturated carbocycles. The number of anilines is 1. The van der Waals surface area contributed by atoms with Crippen molar-refractivity contribution in [1.82, 2.24) is 14.9 Å². The van der Waals surface area contributed by atoms with Crippen LogP contribution in [0.15, 0.2) is 67.0 Å². The molecule has 0 radical (unpaired) electrons. The average molecular weight is 450 g/mol. The molecular weight excluding hydrogens is 420 g/mol. The zero-order valence-corrected chi connectivity index (χ0v) is 18.6. The molecule has 1 aliphatic heterocycles. The van der Waals surface area contributed by atoms with Gasteiger partial charge < -0.3 is 16.0 Å². The molecule has 0 bridgehead atoms.